The normalized spacial score (nSPS) is 26.3. The molecule has 2 heterocycles. The SMILES string of the molecule is CC(=O)N1CC(N2CCN(C)CC2)C1. The van der Waals surface area contributed by atoms with Crippen LogP contribution in [0.1, 0.15) is 6.92 Å². The smallest absolute Gasteiger partial charge is 0.219 e. The molecule has 80 valence electrons. The van der Waals surface area contributed by atoms with Crippen LogP contribution in [0.2, 0.25) is 0 Å². The van der Waals surface area contributed by atoms with Crippen molar-refractivity contribution in [1.82, 2.24) is 14.7 Å². The van der Waals surface area contributed by atoms with Crippen LogP contribution < -0.4 is 0 Å². The lowest BCUT2D eigenvalue weighted by Gasteiger charge is -2.47. The quantitative estimate of drug-likeness (QED) is 0.565. The van der Waals surface area contributed by atoms with E-state index in [1.807, 2.05) is 4.90 Å². The Hall–Kier alpha value is -0.610. The average molecular weight is 197 g/mol. The monoisotopic (exact) mass is 197 g/mol. The Morgan fingerprint density at radius 3 is 2.21 bits per heavy atom. The number of carbonyl (C=O) groups is 1. The van der Waals surface area contributed by atoms with Gasteiger partial charge in [-0.1, -0.05) is 0 Å². The molecule has 2 aliphatic rings. The van der Waals surface area contributed by atoms with Gasteiger partial charge in [0.05, 0.1) is 0 Å². The maximum absolute atomic E-state index is 11.0. The van der Waals surface area contributed by atoms with Crippen molar-refractivity contribution in [3.8, 4) is 0 Å². The highest BCUT2D eigenvalue weighted by molar-refractivity contribution is 5.74. The summed E-state index contributed by atoms with van der Waals surface area (Å²) in [6.45, 7) is 8.19. The van der Waals surface area contributed by atoms with Crippen molar-refractivity contribution in [1.29, 1.82) is 0 Å². The van der Waals surface area contributed by atoms with E-state index in [0.29, 0.717) is 6.04 Å². The highest BCUT2D eigenvalue weighted by atomic mass is 16.2. The van der Waals surface area contributed by atoms with E-state index in [9.17, 15) is 4.79 Å². The molecule has 2 saturated heterocycles. The molecule has 0 radical (unpaired) electrons. The molecule has 4 heteroatoms. The number of hydrogen-bond acceptors (Lipinski definition) is 3. The lowest BCUT2D eigenvalue weighted by Crippen LogP contribution is -2.63. The Labute approximate surface area is 85.5 Å². The van der Waals surface area contributed by atoms with Gasteiger partial charge >= 0.3 is 0 Å². The maximum Gasteiger partial charge on any atom is 0.219 e. The van der Waals surface area contributed by atoms with Crippen LogP contribution in [0.3, 0.4) is 0 Å². The molecule has 0 atom stereocenters. The van der Waals surface area contributed by atoms with E-state index in [1.165, 1.54) is 0 Å². The van der Waals surface area contributed by atoms with E-state index in [0.717, 1.165) is 39.3 Å². The van der Waals surface area contributed by atoms with E-state index < -0.39 is 0 Å². The highest BCUT2D eigenvalue weighted by Gasteiger charge is 2.33. The fraction of sp³-hybridized carbons (Fsp3) is 0.900. The van der Waals surface area contributed by atoms with Gasteiger partial charge in [-0.15, -0.1) is 0 Å². The third kappa shape index (κ3) is 1.91. The van der Waals surface area contributed by atoms with Gasteiger partial charge < -0.3 is 9.80 Å². The van der Waals surface area contributed by atoms with Crippen molar-refractivity contribution < 1.29 is 4.79 Å². The van der Waals surface area contributed by atoms with Crippen molar-refractivity contribution in [3.05, 3.63) is 0 Å². The fourth-order valence-electron chi connectivity index (χ4n) is 2.13. The molecular formula is C10H19N3O. The first-order valence-electron chi connectivity index (χ1n) is 5.35. The molecule has 0 N–H and O–H groups in total. The molecule has 0 aromatic rings. The zero-order chi connectivity index (χ0) is 10.1. The van der Waals surface area contributed by atoms with Crippen LogP contribution in [0.5, 0.6) is 0 Å². The molecule has 0 saturated carbocycles. The minimum absolute atomic E-state index is 0.218. The molecule has 1 amide bonds. The first kappa shape index (κ1) is 9.93. The summed E-state index contributed by atoms with van der Waals surface area (Å²) in [5.74, 6) is 0.218. The van der Waals surface area contributed by atoms with Crippen molar-refractivity contribution in [2.75, 3.05) is 46.3 Å². The van der Waals surface area contributed by atoms with Crippen LogP contribution in [-0.2, 0) is 4.79 Å². The standard InChI is InChI=1S/C10H19N3O/c1-9(14)13-7-10(8-13)12-5-3-11(2)4-6-12/h10H,3-8H2,1-2H3. The van der Waals surface area contributed by atoms with Gasteiger partial charge in [-0.25, -0.2) is 0 Å². The summed E-state index contributed by atoms with van der Waals surface area (Å²) in [5, 5.41) is 0. The zero-order valence-electron chi connectivity index (χ0n) is 9.07. The van der Waals surface area contributed by atoms with Gasteiger partial charge in [0.1, 0.15) is 0 Å². The number of nitrogens with zero attached hydrogens (tertiary/aromatic N) is 3. The topological polar surface area (TPSA) is 26.8 Å². The summed E-state index contributed by atoms with van der Waals surface area (Å²) in [6.07, 6.45) is 0. The number of carbonyl (C=O) groups excluding carboxylic acids is 1. The third-order valence-electron chi connectivity index (χ3n) is 3.36. The maximum atomic E-state index is 11.0. The molecule has 2 aliphatic heterocycles. The average Bonchev–Trinajstić information content (AvgIpc) is 2.05. The van der Waals surface area contributed by atoms with E-state index in [-0.39, 0.29) is 5.91 Å². The van der Waals surface area contributed by atoms with Crippen LogP contribution in [0.4, 0.5) is 0 Å². The first-order chi connectivity index (χ1) is 6.66. The molecule has 0 spiro atoms. The van der Waals surface area contributed by atoms with E-state index in [1.54, 1.807) is 6.92 Å². The van der Waals surface area contributed by atoms with Crippen LogP contribution in [-0.4, -0.2) is 73.0 Å². The summed E-state index contributed by atoms with van der Waals surface area (Å²) in [4.78, 5) is 17.8. The molecule has 0 aromatic heterocycles. The molecule has 0 unspecified atom stereocenters. The Balaban J connectivity index is 1.74. The summed E-state index contributed by atoms with van der Waals surface area (Å²) < 4.78 is 0. The lowest BCUT2D eigenvalue weighted by atomic mass is 10.1. The fourth-order valence-corrected chi connectivity index (χ4v) is 2.13. The second-order valence-electron chi connectivity index (χ2n) is 4.42. The van der Waals surface area contributed by atoms with Gasteiger partial charge in [0.2, 0.25) is 5.91 Å². The molecular weight excluding hydrogens is 178 g/mol. The predicted octanol–water partition coefficient (Wildman–Crippen LogP) is -0.535. The van der Waals surface area contributed by atoms with Crippen molar-refractivity contribution in [3.63, 3.8) is 0 Å². The molecule has 0 aromatic carbocycles. The molecule has 2 rings (SSSR count). The van der Waals surface area contributed by atoms with Gasteiger partial charge in [0.15, 0.2) is 0 Å². The summed E-state index contributed by atoms with van der Waals surface area (Å²) in [7, 11) is 2.17. The van der Waals surface area contributed by atoms with Gasteiger partial charge in [-0.2, -0.15) is 0 Å². The minimum Gasteiger partial charge on any atom is -0.340 e. The Kier molecular flexibility index (Phi) is 2.74. The second kappa shape index (κ2) is 3.87. The second-order valence-corrected chi connectivity index (χ2v) is 4.42. The molecule has 4 nitrogen and oxygen atoms in total. The van der Waals surface area contributed by atoms with Gasteiger partial charge in [-0.05, 0) is 7.05 Å². The van der Waals surface area contributed by atoms with Crippen LogP contribution in [0, 0.1) is 0 Å². The van der Waals surface area contributed by atoms with Gasteiger partial charge in [0.25, 0.3) is 0 Å². The van der Waals surface area contributed by atoms with Gasteiger partial charge in [0, 0.05) is 52.2 Å². The summed E-state index contributed by atoms with van der Waals surface area (Å²) in [5.41, 5.74) is 0. The van der Waals surface area contributed by atoms with E-state index >= 15 is 0 Å². The molecule has 2 fully saturated rings. The predicted molar refractivity (Wildman–Crippen MR) is 55.1 cm³/mol. The lowest BCUT2D eigenvalue weighted by molar-refractivity contribution is -0.136. The zero-order valence-corrected chi connectivity index (χ0v) is 9.07. The van der Waals surface area contributed by atoms with Crippen molar-refractivity contribution in [2.45, 2.75) is 13.0 Å². The Morgan fingerprint density at radius 1 is 1.14 bits per heavy atom. The number of hydrogen-bond donors (Lipinski definition) is 0. The molecule has 0 bridgehead atoms. The van der Waals surface area contributed by atoms with Crippen molar-refractivity contribution in [2.24, 2.45) is 0 Å². The number of amides is 1. The van der Waals surface area contributed by atoms with E-state index in [2.05, 4.69) is 16.8 Å². The van der Waals surface area contributed by atoms with E-state index in [4.69, 9.17) is 0 Å². The number of likely N-dealkylation sites (tertiary alicyclic amines) is 1. The Morgan fingerprint density at radius 2 is 1.71 bits per heavy atom. The third-order valence-corrected chi connectivity index (χ3v) is 3.36. The van der Waals surface area contributed by atoms with Crippen molar-refractivity contribution >= 4 is 5.91 Å². The minimum atomic E-state index is 0.218. The summed E-state index contributed by atoms with van der Waals surface area (Å²) >= 11 is 0. The van der Waals surface area contributed by atoms with Gasteiger partial charge in [-0.3, -0.25) is 9.69 Å². The highest BCUT2D eigenvalue weighted by Crippen LogP contribution is 2.16. The number of piperazine rings is 1. The Bertz CT molecular complexity index is 217. The molecule has 0 aliphatic carbocycles. The number of likely N-dealkylation sites (N-methyl/N-ethyl adjacent to an activating group) is 1. The van der Waals surface area contributed by atoms with Crippen LogP contribution in [0.15, 0.2) is 0 Å². The number of rotatable bonds is 1. The molecule has 14 heavy (non-hydrogen) atoms. The first-order valence-corrected chi connectivity index (χ1v) is 5.35. The van der Waals surface area contributed by atoms with Crippen LogP contribution >= 0.6 is 0 Å². The summed E-state index contributed by atoms with van der Waals surface area (Å²) in [6, 6.07) is 0.632. The largest absolute Gasteiger partial charge is 0.340 e. The van der Waals surface area contributed by atoms with Crippen LogP contribution in [0.25, 0.3) is 0 Å².